The number of carbonyl (C=O) groups is 4. The van der Waals surface area contributed by atoms with Crippen LogP contribution in [0, 0.1) is 0 Å². The molecular formula is C26H34N4O8. The standard InChI is InChI=1S/C26H34N4O8/c1-19(35-23(31)21-9-5-3-6-10-21)37-25(33)29-17-15-27-13-14-28-16-18-30-26(34)38-20(2)36-24(32)22-11-7-4-8-12-22/h3-12,19-20,27-28H,13-18H2,1-2H3,(H,29,33)(H,30,34). The number of hydrogen-bond acceptors (Lipinski definition) is 10. The second-order valence-electron chi connectivity index (χ2n) is 7.84. The van der Waals surface area contributed by atoms with Crippen molar-refractivity contribution in [3.8, 4) is 0 Å². The van der Waals surface area contributed by atoms with Gasteiger partial charge in [-0.1, -0.05) is 36.4 Å². The number of amides is 2. The summed E-state index contributed by atoms with van der Waals surface area (Å²) in [4.78, 5) is 47.4. The van der Waals surface area contributed by atoms with E-state index in [0.717, 1.165) is 0 Å². The van der Waals surface area contributed by atoms with Crippen LogP contribution in [0.1, 0.15) is 34.6 Å². The molecule has 206 valence electrons. The summed E-state index contributed by atoms with van der Waals surface area (Å²) in [6, 6.07) is 16.8. The molecule has 4 N–H and O–H groups in total. The zero-order valence-corrected chi connectivity index (χ0v) is 21.4. The van der Waals surface area contributed by atoms with Gasteiger partial charge in [0, 0.05) is 53.1 Å². The van der Waals surface area contributed by atoms with E-state index in [9.17, 15) is 19.2 Å². The van der Waals surface area contributed by atoms with E-state index in [4.69, 9.17) is 18.9 Å². The molecule has 0 fully saturated rings. The van der Waals surface area contributed by atoms with Crippen LogP contribution < -0.4 is 21.3 Å². The summed E-state index contributed by atoms with van der Waals surface area (Å²) < 4.78 is 20.1. The lowest BCUT2D eigenvalue weighted by Gasteiger charge is -2.15. The Bertz CT molecular complexity index is 925. The Morgan fingerprint density at radius 1 is 0.553 bits per heavy atom. The molecule has 12 nitrogen and oxygen atoms in total. The van der Waals surface area contributed by atoms with Crippen LogP contribution in [-0.4, -0.2) is 76.0 Å². The molecule has 2 aromatic carbocycles. The second kappa shape index (κ2) is 17.3. The lowest BCUT2D eigenvalue weighted by molar-refractivity contribution is -0.0613. The molecule has 0 aromatic heterocycles. The minimum atomic E-state index is -1.03. The van der Waals surface area contributed by atoms with Gasteiger partial charge in [-0.3, -0.25) is 0 Å². The molecule has 2 unspecified atom stereocenters. The first-order valence-electron chi connectivity index (χ1n) is 12.2. The molecule has 38 heavy (non-hydrogen) atoms. The molecule has 2 rings (SSSR count). The molecule has 0 aliphatic carbocycles. The summed E-state index contributed by atoms with van der Waals surface area (Å²) in [7, 11) is 0. The number of alkyl carbamates (subject to hydrolysis) is 2. The molecule has 0 aliphatic rings. The van der Waals surface area contributed by atoms with Crippen molar-refractivity contribution in [2.45, 2.75) is 26.4 Å². The number of benzene rings is 2. The summed E-state index contributed by atoms with van der Waals surface area (Å²) in [5, 5.41) is 11.4. The lowest BCUT2D eigenvalue weighted by atomic mass is 10.2. The minimum absolute atomic E-state index is 0.318. The van der Waals surface area contributed by atoms with E-state index in [1.807, 2.05) is 0 Å². The van der Waals surface area contributed by atoms with Gasteiger partial charge in [0.15, 0.2) is 0 Å². The summed E-state index contributed by atoms with van der Waals surface area (Å²) in [6.45, 7) is 5.80. The second-order valence-corrected chi connectivity index (χ2v) is 7.84. The number of rotatable bonds is 15. The maximum absolute atomic E-state index is 11.9. The average molecular weight is 531 g/mol. The first-order chi connectivity index (χ1) is 18.3. The Labute approximate surface area is 221 Å². The van der Waals surface area contributed by atoms with Crippen molar-refractivity contribution in [3.05, 3.63) is 71.8 Å². The fraction of sp³-hybridized carbons (Fsp3) is 0.385. The van der Waals surface area contributed by atoms with Crippen molar-refractivity contribution < 1.29 is 38.1 Å². The molecular weight excluding hydrogens is 496 g/mol. The Balaban J connectivity index is 1.41. The summed E-state index contributed by atoms with van der Waals surface area (Å²) in [5.41, 5.74) is 0.738. The predicted octanol–water partition coefficient (Wildman–Crippen LogP) is 2.02. The first-order valence-corrected chi connectivity index (χ1v) is 12.2. The molecule has 12 heteroatoms. The van der Waals surface area contributed by atoms with E-state index in [0.29, 0.717) is 50.4 Å². The third-order valence-electron chi connectivity index (χ3n) is 4.73. The fourth-order valence-corrected chi connectivity index (χ4v) is 2.95. The molecule has 0 heterocycles. The van der Waals surface area contributed by atoms with Crippen LogP contribution in [-0.2, 0) is 18.9 Å². The van der Waals surface area contributed by atoms with E-state index < -0.39 is 36.7 Å². The normalized spacial score (nSPS) is 11.9. The molecule has 0 saturated carbocycles. The summed E-state index contributed by atoms with van der Waals surface area (Å²) >= 11 is 0. The van der Waals surface area contributed by atoms with E-state index in [1.165, 1.54) is 13.8 Å². The molecule has 2 amide bonds. The van der Waals surface area contributed by atoms with Crippen molar-refractivity contribution in [2.24, 2.45) is 0 Å². The van der Waals surface area contributed by atoms with Gasteiger partial charge in [-0.25, -0.2) is 19.2 Å². The van der Waals surface area contributed by atoms with E-state index in [1.54, 1.807) is 60.7 Å². The molecule has 2 atom stereocenters. The van der Waals surface area contributed by atoms with Gasteiger partial charge in [-0.15, -0.1) is 0 Å². The first kappa shape index (κ1) is 30.1. The zero-order chi connectivity index (χ0) is 27.6. The van der Waals surface area contributed by atoms with Gasteiger partial charge in [0.25, 0.3) is 0 Å². The summed E-state index contributed by atoms with van der Waals surface area (Å²) in [6.07, 6.45) is -3.45. The Morgan fingerprint density at radius 3 is 1.26 bits per heavy atom. The number of ether oxygens (including phenoxy) is 4. The third kappa shape index (κ3) is 12.7. The highest BCUT2D eigenvalue weighted by Crippen LogP contribution is 2.05. The molecule has 0 saturated heterocycles. The van der Waals surface area contributed by atoms with Gasteiger partial charge < -0.3 is 40.2 Å². The quantitative estimate of drug-likeness (QED) is 0.153. The van der Waals surface area contributed by atoms with E-state index >= 15 is 0 Å². The van der Waals surface area contributed by atoms with E-state index in [-0.39, 0.29) is 0 Å². The van der Waals surface area contributed by atoms with Gasteiger partial charge in [0.05, 0.1) is 11.1 Å². The van der Waals surface area contributed by atoms with Crippen LogP contribution >= 0.6 is 0 Å². The van der Waals surface area contributed by atoms with Crippen LogP contribution in [0.2, 0.25) is 0 Å². The maximum Gasteiger partial charge on any atom is 0.410 e. The maximum atomic E-state index is 11.9. The number of esters is 2. The van der Waals surface area contributed by atoms with Crippen molar-refractivity contribution >= 4 is 24.1 Å². The smallest absolute Gasteiger partial charge is 0.410 e. The Kier molecular flexibility index (Phi) is 13.7. The van der Waals surface area contributed by atoms with Gasteiger partial charge in [-0.2, -0.15) is 0 Å². The monoisotopic (exact) mass is 530 g/mol. The van der Waals surface area contributed by atoms with Crippen LogP contribution in [0.15, 0.2) is 60.7 Å². The van der Waals surface area contributed by atoms with Gasteiger partial charge in [-0.05, 0) is 24.3 Å². The average Bonchev–Trinajstić information content (AvgIpc) is 2.90. The molecule has 0 radical (unpaired) electrons. The molecule has 0 bridgehead atoms. The highest BCUT2D eigenvalue weighted by molar-refractivity contribution is 5.89. The van der Waals surface area contributed by atoms with E-state index in [2.05, 4.69) is 21.3 Å². The predicted molar refractivity (Wildman–Crippen MR) is 137 cm³/mol. The highest BCUT2D eigenvalue weighted by Gasteiger charge is 2.16. The fourth-order valence-electron chi connectivity index (χ4n) is 2.95. The van der Waals surface area contributed by atoms with Crippen molar-refractivity contribution in [1.29, 1.82) is 0 Å². The lowest BCUT2D eigenvalue weighted by Crippen LogP contribution is -2.38. The van der Waals surface area contributed by atoms with Gasteiger partial charge >= 0.3 is 24.1 Å². The van der Waals surface area contributed by atoms with Gasteiger partial charge in [0.1, 0.15) is 0 Å². The molecule has 0 aliphatic heterocycles. The van der Waals surface area contributed by atoms with Crippen LogP contribution in [0.25, 0.3) is 0 Å². The molecule has 0 spiro atoms. The van der Waals surface area contributed by atoms with Gasteiger partial charge in [0.2, 0.25) is 12.6 Å². The molecule has 2 aromatic rings. The SMILES string of the molecule is CC(OC(=O)NCCNCCNCCNC(=O)OC(C)OC(=O)c1ccccc1)OC(=O)c1ccccc1. The van der Waals surface area contributed by atoms with Crippen LogP contribution in [0.3, 0.4) is 0 Å². The topological polar surface area (TPSA) is 153 Å². The van der Waals surface area contributed by atoms with Crippen molar-refractivity contribution in [2.75, 3.05) is 39.3 Å². The summed E-state index contributed by atoms with van der Waals surface area (Å²) in [5.74, 6) is -1.16. The largest absolute Gasteiger partial charge is 0.422 e. The zero-order valence-electron chi connectivity index (χ0n) is 21.4. The van der Waals surface area contributed by atoms with Crippen LogP contribution in [0.4, 0.5) is 9.59 Å². The highest BCUT2D eigenvalue weighted by atomic mass is 16.7. The number of carbonyl (C=O) groups excluding carboxylic acids is 4. The van der Waals surface area contributed by atoms with Crippen LogP contribution in [0.5, 0.6) is 0 Å². The minimum Gasteiger partial charge on any atom is -0.422 e. The number of nitrogens with one attached hydrogen (secondary N) is 4. The Hall–Kier alpha value is -4.16. The van der Waals surface area contributed by atoms with Crippen molar-refractivity contribution in [3.63, 3.8) is 0 Å². The third-order valence-corrected chi connectivity index (χ3v) is 4.73. The van der Waals surface area contributed by atoms with Crippen molar-refractivity contribution in [1.82, 2.24) is 21.3 Å². The Morgan fingerprint density at radius 2 is 0.895 bits per heavy atom. The number of hydrogen-bond donors (Lipinski definition) is 4.